The van der Waals surface area contributed by atoms with Gasteiger partial charge in [0.25, 0.3) is 0 Å². The van der Waals surface area contributed by atoms with Crippen molar-refractivity contribution in [2.24, 2.45) is 0 Å². The number of ether oxygens (including phenoxy) is 2. The molecule has 1 atom stereocenters. The van der Waals surface area contributed by atoms with Crippen molar-refractivity contribution in [1.82, 2.24) is 0 Å². The summed E-state index contributed by atoms with van der Waals surface area (Å²) in [7, 11) is 0. The maximum atomic E-state index is 10.6. The van der Waals surface area contributed by atoms with Crippen LogP contribution in [0.25, 0.3) is 0 Å². The number of para-hydroxylation sites is 1. The molecule has 0 saturated carbocycles. The smallest absolute Gasteiger partial charge is 0.153 e. The third kappa shape index (κ3) is 4.03. The molecule has 1 fully saturated rings. The fourth-order valence-electron chi connectivity index (χ4n) is 1.24. The molecular weight excluding hydrogens is 204 g/mol. The second-order valence-corrected chi connectivity index (χ2v) is 3.25. The highest BCUT2D eigenvalue weighted by molar-refractivity contribution is 5.79. The van der Waals surface area contributed by atoms with Crippen molar-refractivity contribution < 1.29 is 14.3 Å². The van der Waals surface area contributed by atoms with Gasteiger partial charge in [-0.2, -0.15) is 0 Å². The van der Waals surface area contributed by atoms with Crippen molar-refractivity contribution in [3.8, 4) is 5.75 Å². The molecule has 3 nitrogen and oxygen atoms in total. The molecular formula is C13H18O3. The molecule has 88 valence electrons. The first-order valence-corrected chi connectivity index (χ1v) is 5.69. The van der Waals surface area contributed by atoms with Gasteiger partial charge in [0.15, 0.2) is 6.29 Å². The zero-order chi connectivity index (χ0) is 11.8. The molecule has 1 aliphatic heterocycles. The van der Waals surface area contributed by atoms with Gasteiger partial charge in [-0.3, -0.25) is 4.79 Å². The maximum Gasteiger partial charge on any atom is 0.153 e. The van der Waals surface area contributed by atoms with Gasteiger partial charge in [-0.05, 0) is 12.1 Å². The molecule has 0 aliphatic carbocycles. The molecule has 16 heavy (non-hydrogen) atoms. The second-order valence-electron chi connectivity index (χ2n) is 3.25. The molecule has 0 bridgehead atoms. The van der Waals surface area contributed by atoms with E-state index in [1.807, 2.05) is 26.0 Å². The van der Waals surface area contributed by atoms with E-state index in [0.29, 0.717) is 24.0 Å². The molecule has 0 N–H and O–H groups in total. The minimum Gasteiger partial charge on any atom is -0.493 e. The molecule has 0 aromatic heterocycles. The molecule has 1 unspecified atom stereocenters. The summed E-state index contributed by atoms with van der Waals surface area (Å²) in [5.74, 6) is 0.656. The Hall–Kier alpha value is -1.35. The van der Waals surface area contributed by atoms with Crippen LogP contribution in [0.2, 0.25) is 0 Å². The first-order valence-electron chi connectivity index (χ1n) is 5.69. The van der Waals surface area contributed by atoms with Crippen molar-refractivity contribution in [3.05, 3.63) is 29.8 Å². The largest absolute Gasteiger partial charge is 0.493 e. The SMILES string of the molecule is CC.O=Cc1ccccc1OCCC1CO1. The predicted octanol–water partition coefficient (Wildman–Crippen LogP) is 2.69. The van der Waals surface area contributed by atoms with Crippen molar-refractivity contribution >= 4 is 6.29 Å². The predicted molar refractivity (Wildman–Crippen MR) is 63.0 cm³/mol. The van der Waals surface area contributed by atoms with Gasteiger partial charge in [-0.25, -0.2) is 0 Å². The summed E-state index contributed by atoms with van der Waals surface area (Å²) in [5.41, 5.74) is 0.601. The summed E-state index contributed by atoms with van der Waals surface area (Å²) in [4.78, 5) is 10.6. The van der Waals surface area contributed by atoms with Crippen molar-refractivity contribution in [2.75, 3.05) is 13.2 Å². The summed E-state index contributed by atoms with van der Waals surface area (Å²) in [6.07, 6.45) is 2.08. The molecule has 3 heteroatoms. The fraction of sp³-hybridized carbons (Fsp3) is 0.462. The van der Waals surface area contributed by atoms with Crippen LogP contribution < -0.4 is 4.74 Å². The van der Waals surface area contributed by atoms with Crippen LogP contribution in [0.1, 0.15) is 30.6 Å². The number of epoxide rings is 1. The zero-order valence-electron chi connectivity index (χ0n) is 9.81. The third-order valence-electron chi connectivity index (χ3n) is 2.15. The van der Waals surface area contributed by atoms with Gasteiger partial charge in [0.2, 0.25) is 0 Å². The van der Waals surface area contributed by atoms with Crippen LogP contribution in [0.4, 0.5) is 0 Å². The van der Waals surface area contributed by atoms with Crippen molar-refractivity contribution in [2.45, 2.75) is 26.4 Å². The Morgan fingerprint density at radius 2 is 2.12 bits per heavy atom. The average molecular weight is 222 g/mol. The van der Waals surface area contributed by atoms with Gasteiger partial charge in [0.1, 0.15) is 5.75 Å². The van der Waals surface area contributed by atoms with E-state index in [9.17, 15) is 4.79 Å². The van der Waals surface area contributed by atoms with Crippen LogP contribution in [0.3, 0.4) is 0 Å². The Bertz CT molecular complexity index is 319. The van der Waals surface area contributed by atoms with Crippen LogP contribution >= 0.6 is 0 Å². The molecule has 2 rings (SSSR count). The highest BCUT2D eigenvalue weighted by Gasteiger charge is 2.21. The maximum absolute atomic E-state index is 10.6. The number of hydrogen-bond donors (Lipinski definition) is 0. The lowest BCUT2D eigenvalue weighted by Crippen LogP contribution is -2.02. The Morgan fingerprint density at radius 3 is 2.75 bits per heavy atom. The number of rotatable bonds is 5. The van der Waals surface area contributed by atoms with Gasteiger partial charge < -0.3 is 9.47 Å². The standard InChI is InChI=1S/C11H12O3.C2H6/c12-7-9-3-1-2-4-11(9)13-6-5-10-8-14-10;1-2/h1-4,7,10H,5-6,8H2;1-2H3. The highest BCUT2D eigenvalue weighted by Crippen LogP contribution is 2.18. The number of hydrogen-bond acceptors (Lipinski definition) is 3. The summed E-state index contributed by atoms with van der Waals surface area (Å²) in [5, 5.41) is 0. The van der Waals surface area contributed by atoms with Crippen molar-refractivity contribution in [1.29, 1.82) is 0 Å². The first kappa shape index (κ1) is 12.7. The van der Waals surface area contributed by atoms with E-state index in [1.165, 1.54) is 0 Å². The summed E-state index contributed by atoms with van der Waals surface area (Å²) in [6.45, 7) is 5.45. The molecule has 1 aromatic carbocycles. The molecule has 0 radical (unpaired) electrons. The Morgan fingerprint density at radius 1 is 1.44 bits per heavy atom. The molecule has 1 heterocycles. The third-order valence-corrected chi connectivity index (χ3v) is 2.15. The zero-order valence-corrected chi connectivity index (χ0v) is 9.81. The minimum atomic E-state index is 0.374. The lowest BCUT2D eigenvalue weighted by molar-refractivity contribution is 0.111. The van der Waals surface area contributed by atoms with Crippen LogP contribution in [0.5, 0.6) is 5.75 Å². The molecule has 0 amide bonds. The average Bonchev–Trinajstić information content (AvgIpc) is 3.16. The van der Waals surface area contributed by atoms with Crippen LogP contribution in [0.15, 0.2) is 24.3 Å². The van der Waals surface area contributed by atoms with E-state index in [2.05, 4.69) is 0 Å². The molecule has 0 spiro atoms. The van der Waals surface area contributed by atoms with E-state index in [1.54, 1.807) is 12.1 Å². The summed E-state index contributed by atoms with van der Waals surface area (Å²) >= 11 is 0. The van der Waals surface area contributed by atoms with Gasteiger partial charge in [-0.15, -0.1) is 0 Å². The van der Waals surface area contributed by atoms with Gasteiger partial charge in [0, 0.05) is 6.42 Å². The number of carbonyl (C=O) groups excluding carboxylic acids is 1. The minimum absolute atomic E-state index is 0.374. The normalized spacial score (nSPS) is 17.0. The van der Waals surface area contributed by atoms with E-state index >= 15 is 0 Å². The van der Waals surface area contributed by atoms with Crippen LogP contribution in [-0.4, -0.2) is 25.6 Å². The number of aldehydes is 1. The van der Waals surface area contributed by atoms with Crippen LogP contribution in [0, 0.1) is 0 Å². The van der Waals surface area contributed by atoms with Gasteiger partial charge in [0.05, 0.1) is 24.9 Å². The lowest BCUT2D eigenvalue weighted by Gasteiger charge is -2.06. The lowest BCUT2D eigenvalue weighted by atomic mass is 10.2. The number of benzene rings is 1. The quantitative estimate of drug-likeness (QED) is 0.568. The second kappa shape index (κ2) is 7.01. The molecule has 1 aliphatic rings. The highest BCUT2D eigenvalue weighted by atomic mass is 16.6. The molecule has 1 saturated heterocycles. The van der Waals surface area contributed by atoms with Gasteiger partial charge in [-0.1, -0.05) is 26.0 Å². The fourth-order valence-corrected chi connectivity index (χ4v) is 1.24. The monoisotopic (exact) mass is 222 g/mol. The first-order chi connectivity index (χ1) is 7.90. The Balaban J connectivity index is 0.000000606. The van der Waals surface area contributed by atoms with Crippen molar-refractivity contribution in [3.63, 3.8) is 0 Å². The Kier molecular flexibility index (Phi) is 5.57. The van der Waals surface area contributed by atoms with E-state index in [4.69, 9.17) is 9.47 Å². The topological polar surface area (TPSA) is 38.8 Å². The summed E-state index contributed by atoms with van der Waals surface area (Å²) < 4.78 is 10.5. The Labute approximate surface area is 96.4 Å². The molecule has 1 aromatic rings. The van der Waals surface area contributed by atoms with E-state index in [0.717, 1.165) is 19.3 Å². The van der Waals surface area contributed by atoms with E-state index in [-0.39, 0.29) is 0 Å². The van der Waals surface area contributed by atoms with Crippen LogP contribution in [-0.2, 0) is 4.74 Å². The number of carbonyl (C=O) groups is 1. The van der Waals surface area contributed by atoms with E-state index < -0.39 is 0 Å². The van der Waals surface area contributed by atoms with Gasteiger partial charge >= 0.3 is 0 Å². The summed E-state index contributed by atoms with van der Waals surface area (Å²) in [6, 6.07) is 7.23.